The zero-order valence-electron chi connectivity index (χ0n) is 9.53. The van der Waals surface area contributed by atoms with Crippen LogP contribution in [0.5, 0.6) is 0 Å². The Hall–Kier alpha value is -1.47. The monoisotopic (exact) mass is 295 g/mol. The van der Waals surface area contributed by atoms with Gasteiger partial charge in [0.2, 0.25) is 0 Å². The van der Waals surface area contributed by atoms with Gasteiger partial charge >= 0.3 is 5.97 Å². The molecule has 1 aromatic rings. The number of halogens is 1. The fourth-order valence-electron chi connectivity index (χ4n) is 1.49. The number of benzene rings is 1. The molecule has 4 heteroatoms. The normalized spacial score (nSPS) is 11.6. The summed E-state index contributed by atoms with van der Waals surface area (Å²) < 4.78 is 0.730. The number of hydrogen-bond donors (Lipinski definition) is 2. The van der Waals surface area contributed by atoms with Gasteiger partial charge in [0, 0.05) is 10.2 Å². The zero-order chi connectivity index (χ0) is 12.8. The number of terminal acetylenes is 1. The van der Waals surface area contributed by atoms with Gasteiger partial charge in [-0.05, 0) is 24.6 Å². The molecular weight excluding hydrogens is 282 g/mol. The van der Waals surface area contributed by atoms with Gasteiger partial charge in [-0.1, -0.05) is 35.2 Å². The second-order valence-electron chi connectivity index (χ2n) is 3.65. The number of aromatic carboxylic acids is 1. The smallest absolute Gasteiger partial charge is 0.337 e. The topological polar surface area (TPSA) is 49.3 Å². The van der Waals surface area contributed by atoms with Crippen molar-refractivity contribution >= 4 is 27.6 Å². The molecule has 0 aliphatic carbocycles. The van der Waals surface area contributed by atoms with Gasteiger partial charge in [-0.25, -0.2) is 4.79 Å². The molecule has 0 heterocycles. The molecule has 0 fully saturated rings. The Labute approximate surface area is 109 Å². The molecule has 0 spiro atoms. The van der Waals surface area contributed by atoms with E-state index in [2.05, 4.69) is 27.2 Å². The molecule has 1 rings (SSSR count). The first-order valence-corrected chi connectivity index (χ1v) is 6.13. The van der Waals surface area contributed by atoms with Crippen LogP contribution in [0.4, 0.5) is 5.69 Å². The van der Waals surface area contributed by atoms with E-state index in [4.69, 9.17) is 11.5 Å². The molecule has 3 nitrogen and oxygen atoms in total. The van der Waals surface area contributed by atoms with E-state index in [1.54, 1.807) is 18.2 Å². The second-order valence-corrected chi connectivity index (χ2v) is 4.56. The van der Waals surface area contributed by atoms with Crippen molar-refractivity contribution in [3.8, 4) is 12.3 Å². The Morgan fingerprint density at radius 3 is 2.88 bits per heavy atom. The van der Waals surface area contributed by atoms with Crippen LogP contribution in [-0.4, -0.2) is 17.1 Å². The van der Waals surface area contributed by atoms with Crippen molar-refractivity contribution in [2.24, 2.45) is 0 Å². The van der Waals surface area contributed by atoms with Crippen molar-refractivity contribution in [2.45, 2.75) is 25.8 Å². The summed E-state index contributed by atoms with van der Waals surface area (Å²) in [4.78, 5) is 11.1. The average molecular weight is 296 g/mol. The highest BCUT2D eigenvalue weighted by Gasteiger charge is 2.13. The molecule has 90 valence electrons. The Morgan fingerprint density at radius 2 is 2.35 bits per heavy atom. The van der Waals surface area contributed by atoms with Gasteiger partial charge in [0.05, 0.1) is 11.6 Å². The first-order chi connectivity index (χ1) is 8.08. The highest BCUT2D eigenvalue weighted by atomic mass is 79.9. The van der Waals surface area contributed by atoms with Crippen molar-refractivity contribution < 1.29 is 9.90 Å². The van der Waals surface area contributed by atoms with E-state index in [1.807, 2.05) is 6.92 Å². The Balaban J connectivity index is 2.98. The first-order valence-electron chi connectivity index (χ1n) is 5.34. The summed E-state index contributed by atoms with van der Waals surface area (Å²) in [6, 6.07) is 4.92. The van der Waals surface area contributed by atoms with Gasteiger partial charge in [0.25, 0.3) is 0 Å². The fourth-order valence-corrected chi connectivity index (χ4v) is 1.85. The van der Waals surface area contributed by atoms with Gasteiger partial charge in [0.15, 0.2) is 0 Å². The molecule has 1 aromatic carbocycles. The predicted octanol–water partition coefficient (Wildman–Crippen LogP) is 3.36. The summed E-state index contributed by atoms with van der Waals surface area (Å²) in [5.74, 6) is 1.65. The first kappa shape index (κ1) is 13.6. The summed E-state index contributed by atoms with van der Waals surface area (Å²) in [7, 11) is 0. The molecule has 0 aliphatic heterocycles. The van der Waals surface area contributed by atoms with Crippen molar-refractivity contribution in [3.05, 3.63) is 28.2 Å². The molecule has 1 atom stereocenters. The molecule has 0 radical (unpaired) electrons. The lowest BCUT2D eigenvalue weighted by Gasteiger charge is -2.15. The highest BCUT2D eigenvalue weighted by Crippen LogP contribution is 2.22. The van der Waals surface area contributed by atoms with Gasteiger partial charge < -0.3 is 10.4 Å². The molecule has 0 saturated heterocycles. The largest absolute Gasteiger partial charge is 0.478 e. The molecule has 0 saturated carbocycles. The van der Waals surface area contributed by atoms with E-state index in [1.165, 1.54) is 0 Å². The summed E-state index contributed by atoms with van der Waals surface area (Å²) in [5.41, 5.74) is 0.771. The molecule has 2 N–H and O–H groups in total. The average Bonchev–Trinajstić information content (AvgIpc) is 2.30. The SMILES string of the molecule is C#CC(CCC)Nc1ccc(Br)cc1C(=O)O. The zero-order valence-corrected chi connectivity index (χ0v) is 11.1. The van der Waals surface area contributed by atoms with Gasteiger partial charge in [-0.2, -0.15) is 0 Å². The quantitative estimate of drug-likeness (QED) is 0.819. The van der Waals surface area contributed by atoms with Crippen LogP contribution in [0.3, 0.4) is 0 Å². The van der Waals surface area contributed by atoms with Crippen LogP contribution in [0.15, 0.2) is 22.7 Å². The number of hydrogen-bond acceptors (Lipinski definition) is 2. The number of carboxylic acids is 1. The van der Waals surface area contributed by atoms with Gasteiger partial charge in [0.1, 0.15) is 0 Å². The summed E-state index contributed by atoms with van der Waals surface area (Å²) in [5, 5.41) is 12.2. The third kappa shape index (κ3) is 3.79. The minimum absolute atomic E-state index is 0.140. The van der Waals surface area contributed by atoms with E-state index in [0.717, 1.165) is 17.3 Å². The molecule has 1 unspecified atom stereocenters. The van der Waals surface area contributed by atoms with E-state index in [0.29, 0.717) is 5.69 Å². The van der Waals surface area contributed by atoms with E-state index in [-0.39, 0.29) is 11.6 Å². The number of nitrogens with one attached hydrogen (secondary N) is 1. The fraction of sp³-hybridized carbons (Fsp3) is 0.308. The summed E-state index contributed by atoms with van der Waals surface area (Å²) in [6.45, 7) is 2.03. The predicted molar refractivity (Wildman–Crippen MR) is 72.3 cm³/mol. The van der Waals surface area contributed by atoms with Crippen LogP contribution in [0.1, 0.15) is 30.1 Å². The van der Waals surface area contributed by atoms with Gasteiger partial charge in [-0.15, -0.1) is 6.42 Å². The lowest BCUT2D eigenvalue weighted by molar-refractivity contribution is 0.0698. The van der Waals surface area contributed by atoms with Gasteiger partial charge in [-0.3, -0.25) is 0 Å². The van der Waals surface area contributed by atoms with Crippen molar-refractivity contribution in [3.63, 3.8) is 0 Å². The maximum atomic E-state index is 11.1. The molecule has 0 amide bonds. The van der Waals surface area contributed by atoms with Crippen LogP contribution in [0, 0.1) is 12.3 Å². The highest BCUT2D eigenvalue weighted by molar-refractivity contribution is 9.10. The Bertz CT molecular complexity index is 451. The number of anilines is 1. The molecule has 0 bridgehead atoms. The minimum Gasteiger partial charge on any atom is -0.478 e. The number of rotatable bonds is 5. The van der Waals surface area contributed by atoms with Crippen molar-refractivity contribution in [1.82, 2.24) is 0 Å². The molecule has 17 heavy (non-hydrogen) atoms. The van der Waals surface area contributed by atoms with Crippen LogP contribution < -0.4 is 5.32 Å². The standard InChI is InChI=1S/C13H14BrNO2/c1-3-5-10(4-2)15-12-7-6-9(14)8-11(12)13(16)17/h2,6-8,10,15H,3,5H2,1H3,(H,16,17). The second kappa shape index (κ2) is 6.31. The molecular formula is C13H14BrNO2. The maximum Gasteiger partial charge on any atom is 0.337 e. The molecule has 0 aliphatic rings. The number of carbonyl (C=O) groups is 1. The third-order valence-corrected chi connectivity index (χ3v) is 2.81. The van der Waals surface area contributed by atoms with Crippen molar-refractivity contribution in [2.75, 3.05) is 5.32 Å². The van der Waals surface area contributed by atoms with Crippen molar-refractivity contribution in [1.29, 1.82) is 0 Å². The third-order valence-electron chi connectivity index (χ3n) is 2.32. The van der Waals surface area contributed by atoms with Crippen LogP contribution in [0.2, 0.25) is 0 Å². The van der Waals surface area contributed by atoms with Crippen LogP contribution >= 0.6 is 15.9 Å². The lowest BCUT2D eigenvalue weighted by Crippen LogP contribution is -2.18. The molecule has 0 aromatic heterocycles. The maximum absolute atomic E-state index is 11.1. The van der Waals surface area contributed by atoms with E-state index >= 15 is 0 Å². The Morgan fingerprint density at radius 1 is 1.65 bits per heavy atom. The number of carboxylic acid groups (broad SMARTS) is 1. The minimum atomic E-state index is -0.971. The van der Waals surface area contributed by atoms with E-state index < -0.39 is 5.97 Å². The van der Waals surface area contributed by atoms with E-state index in [9.17, 15) is 4.79 Å². The van der Waals surface area contributed by atoms with Crippen LogP contribution in [0.25, 0.3) is 0 Å². The van der Waals surface area contributed by atoms with Crippen LogP contribution in [-0.2, 0) is 0 Å². The Kier molecular flexibility index (Phi) is 5.05. The lowest BCUT2D eigenvalue weighted by atomic mass is 10.1. The summed E-state index contributed by atoms with van der Waals surface area (Å²) >= 11 is 3.25. The summed E-state index contributed by atoms with van der Waals surface area (Å²) in [6.07, 6.45) is 7.15.